The summed E-state index contributed by atoms with van der Waals surface area (Å²) >= 11 is 5.11. The molecular weight excluding hydrogens is 294 g/mol. The molecule has 0 saturated heterocycles. The highest BCUT2D eigenvalue weighted by Gasteiger charge is 2.03. The summed E-state index contributed by atoms with van der Waals surface area (Å²) in [6.45, 7) is 4.34. The number of ether oxygens (including phenoxy) is 1. The first kappa shape index (κ1) is 14.8. The standard InChI is InChI=1S/C17H19N3OS/c1-12-5-7-13(8-6-12)11-18-9-10-21-15-4-2-3-14-16(15)20-17(22)19-14/h2-8,18H,9-11H2,1H3,(H2,19,20,22). The van der Waals surface area contributed by atoms with Crippen molar-refractivity contribution in [3.05, 3.63) is 58.4 Å². The zero-order valence-corrected chi connectivity index (χ0v) is 13.3. The minimum absolute atomic E-state index is 0.608. The van der Waals surface area contributed by atoms with Crippen LogP contribution < -0.4 is 10.1 Å². The number of hydrogen-bond donors (Lipinski definition) is 3. The van der Waals surface area contributed by atoms with E-state index in [1.54, 1.807) is 0 Å². The molecule has 0 fully saturated rings. The number of benzene rings is 2. The van der Waals surface area contributed by atoms with Gasteiger partial charge in [-0.1, -0.05) is 35.9 Å². The third-order valence-electron chi connectivity index (χ3n) is 3.50. The van der Waals surface area contributed by atoms with Crippen molar-refractivity contribution in [3.8, 4) is 5.75 Å². The van der Waals surface area contributed by atoms with Gasteiger partial charge in [0.15, 0.2) is 4.77 Å². The maximum Gasteiger partial charge on any atom is 0.175 e. The number of rotatable bonds is 6. The topological polar surface area (TPSA) is 52.8 Å². The minimum Gasteiger partial charge on any atom is -0.490 e. The van der Waals surface area contributed by atoms with Gasteiger partial charge >= 0.3 is 0 Å². The van der Waals surface area contributed by atoms with E-state index in [0.29, 0.717) is 11.4 Å². The highest BCUT2D eigenvalue weighted by molar-refractivity contribution is 7.71. The molecule has 1 heterocycles. The van der Waals surface area contributed by atoms with Crippen LogP contribution >= 0.6 is 12.2 Å². The second-order valence-electron chi connectivity index (χ2n) is 5.27. The van der Waals surface area contributed by atoms with E-state index in [4.69, 9.17) is 17.0 Å². The van der Waals surface area contributed by atoms with Crippen LogP contribution in [0.3, 0.4) is 0 Å². The van der Waals surface area contributed by atoms with Crippen molar-refractivity contribution in [2.24, 2.45) is 0 Å². The lowest BCUT2D eigenvalue weighted by Crippen LogP contribution is -2.20. The van der Waals surface area contributed by atoms with Crippen LogP contribution in [0, 0.1) is 11.7 Å². The molecule has 1 aromatic heterocycles. The summed E-state index contributed by atoms with van der Waals surface area (Å²) in [7, 11) is 0. The third kappa shape index (κ3) is 3.55. The van der Waals surface area contributed by atoms with E-state index in [2.05, 4.69) is 46.5 Å². The number of H-pyrrole nitrogens is 2. The number of para-hydroxylation sites is 1. The Labute approximate surface area is 134 Å². The quantitative estimate of drug-likeness (QED) is 0.480. The molecule has 0 aliphatic rings. The predicted molar refractivity (Wildman–Crippen MR) is 91.9 cm³/mol. The Hall–Kier alpha value is -2.11. The van der Waals surface area contributed by atoms with E-state index in [1.807, 2.05) is 18.2 Å². The summed E-state index contributed by atoms with van der Waals surface area (Å²) in [5.74, 6) is 0.821. The van der Waals surface area contributed by atoms with E-state index in [0.717, 1.165) is 29.9 Å². The summed E-state index contributed by atoms with van der Waals surface area (Å²) in [5, 5.41) is 3.38. The molecular formula is C17H19N3OS. The number of imidazole rings is 1. The zero-order chi connectivity index (χ0) is 15.4. The van der Waals surface area contributed by atoms with Crippen LogP contribution in [0.25, 0.3) is 11.0 Å². The minimum atomic E-state index is 0.608. The lowest BCUT2D eigenvalue weighted by molar-refractivity contribution is 0.316. The highest BCUT2D eigenvalue weighted by atomic mass is 32.1. The average molecular weight is 313 g/mol. The zero-order valence-electron chi connectivity index (χ0n) is 12.5. The molecule has 3 aromatic rings. The van der Waals surface area contributed by atoms with Gasteiger partial charge in [-0.3, -0.25) is 0 Å². The Kier molecular flexibility index (Phi) is 4.56. The summed E-state index contributed by atoms with van der Waals surface area (Å²) in [6.07, 6.45) is 0. The van der Waals surface area contributed by atoms with Gasteiger partial charge < -0.3 is 20.0 Å². The monoisotopic (exact) mass is 313 g/mol. The molecule has 2 aromatic carbocycles. The van der Waals surface area contributed by atoms with E-state index in [-0.39, 0.29) is 0 Å². The molecule has 4 nitrogen and oxygen atoms in total. The van der Waals surface area contributed by atoms with Crippen molar-refractivity contribution in [1.82, 2.24) is 15.3 Å². The van der Waals surface area contributed by atoms with Gasteiger partial charge in [0.05, 0.1) is 5.52 Å². The summed E-state index contributed by atoms with van der Waals surface area (Å²) in [6, 6.07) is 14.4. The number of aromatic amines is 2. The van der Waals surface area contributed by atoms with Crippen molar-refractivity contribution >= 4 is 23.3 Å². The molecule has 3 rings (SSSR count). The Morgan fingerprint density at radius 1 is 1.09 bits per heavy atom. The van der Waals surface area contributed by atoms with Gasteiger partial charge in [0.1, 0.15) is 17.9 Å². The van der Waals surface area contributed by atoms with Crippen molar-refractivity contribution in [2.45, 2.75) is 13.5 Å². The first-order chi connectivity index (χ1) is 10.7. The smallest absolute Gasteiger partial charge is 0.175 e. The fraction of sp³-hybridized carbons (Fsp3) is 0.235. The van der Waals surface area contributed by atoms with Gasteiger partial charge in [-0.25, -0.2) is 0 Å². The maximum absolute atomic E-state index is 5.83. The summed E-state index contributed by atoms with van der Waals surface area (Å²) in [5.41, 5.74) is 4.45. The number of hydrogen-bond acceptors (Lipinski definition) is 3. The molecule has 0 aliphatic carbocycles. The van der Waals surface area contributed by atoms with Gasteiger partial charge in [0, 0.05) is 13.1 Å². The van der Waals surface area contributed by atoms with Gasteiger partial charge in [0.2, 0.25) is 0 Å². The average Bonchev–Trinajstić information content (AvgIpc) is 2.90. The largest absolute Gasteiger partial charge is 0.490 e. The number of fused-ring (bicyclic) bond motifs is 1. The molecule has 3 N–H and O–H groups in total. The van der Waals surface area contributed by atoms with Crippen LogP contribution in [0.15, 0.2) is 42.5 Å². The Balaban J connectivity index is 1.50. The Morgan fingerprint density at radius 3 is 2.73 bits per heavy atom. The molecule has 0 spiro atoms. The van der Waals surface area contributed by atoms with E-state index >= 15 is 0 Å². The van der Waals surface area contributed by atoms with Crippen molar-refractivity contribution < 1.29 is 4.74 Å². The lowest BCUT2D eigenvalue weighted by Gasteiger charge is -2.08. The van der Waals surface area contributed by atoms with Crippen LogP contribution in [-0.2, 0) is 6.54 Å². The molecule has 0 radical (unpaired) electrons. The normalized spacial score (nSPS) is 11.0. The predicted octanol–water partition coefficient (Wildman–Crippen LogP) is 3.70. The second kappa shape index (κ2) is 6.77. The molecule has 0 saturated carbocycles. The van der Waals surface area contributed by atoms with Crippen LogP contribution in [-0.4, -0.2) is 23.1 Å². The summed E-state index contributed by atoms with van der Waals surface area (Å²) in [4.78, 5) is 6.20. The first-order valence-corrected chi connectivity index (χ1v) is 7.73. The molecule has 114 valence electrons. The molecule has 5 heteroatoms. The molecule has 0 atom stereocenters. The SMILES string of the molecule is Cc1ccc(CNCCOc2cccc3[nH]c(=S)[nH]c23)cc1. The van der Waals surface area contributed by atoms with Gasteiger partial charge in [0.25, 0.3) is 0 Å². The first-order valence-electron chi connectivity index (χ1n) is 7.32. The number of aromatic nitrogens is 2. The lowest BCUT2D eigenvalue weighted by atomic mass is 10.1. The maximum atomic E-state index is 5.83. The molecule has 0 aliphatic heterocycles. The van der Waals surface area contributed by atoms with Crippen molar-refractivity contribution in [2.75, 3.05) is 13.2 Å². The second-order valence-corrected chi connectivity index (χ2v) is 5.68. The summed E-state index contributed by atoms with van der Waals surface area (Å²) < 4.78 is 6.44. The molecule has 22 heavy (non-hydrogen) atoms. The van der Waals surface area contributed by atoms with Crippen LogP contribution in [0.2, 0.25) is 0 Å². The van der Waals surface area contributed by atoms with Crippen LogP contribution in [0.5, 0.6) is 5.75 Å². The van der Waals surface area contributed by atoms with Gasteiger partial charge in [-0.2, -0.15) is 0 Å². The Bertz CT molecular complexity index is 805. The van der Waals surface area contributed by atoms with Crippen LogP contribution in [0.1, 0.15) is 11.1 Å². The third-order valence-corrected chi connectivity index (χ3v) is 3.70. The Morgan fingerprint density at radius 2 is 1.91 bits per heavy atom. The molecule has 0 amide bonds. The van der Waals surface area contributed by atoms with E-state index in [9.17, 15) is 0 Å². The van der Waals surface area contributed by atoms with Crippen molar-refractivity contribution in [1.29, 1.82) is 0 Å². The number of nitrogens with one attached hydrogen (secondary N) is 3. The number of aryl methyl sites for hydroxylation is 1. The van der Waals surface area contributed by atoms with Gasteiger partial charge in [-0.15, -0.1) is 0 Å². The van der Waals surface area contributed by atoms with E-state index in [1.165, 1.54) is 11.1 Å². The highest BCUT2D eigenvalue weighted by Crippen LogP contribution is 2.22. The molecule has 0 bridgehead atoms. The fourth-order valence-electron chi connectivity index (χ4n) is 2.32. The fourth-order valence-corrected chi connectivity index (χ4v) is 2.54. The molecule has 0 unspecified atom stereocenters. The van der Waals surface area contributed by atoms with E-state index < -0.39 is 0 Å². The van der Waals surface area contributed by atoms with Crippen molar-refractivity contribution in [3.63, 3.8) is 0 Å². The van der Waals surface area contributed by atoms with Crippen LogP contribution in [0.4, 0.5) is 0 Å². The van der Waals surface area contributed by atoms with Gasteiger partial charge in [-0.05, 0) is 36.8 Å².